The van der Waals surface area contributed by atoms with Crippen LogP contribution in [0.1, 0.15) is 0 Å². The second-order valence-electron chi connectivity index (χ2n) is 11.6. The Balaban J connectivity index is 0.00000392. The molecule has 240 valence electrons. The molecule has 0 saturated heterocycles. The number of nitrogens with zero attached hydrogens (tertiary/aromatic N) is 2. The van der Waals surface area contributed by atoms with E-state index in [0.717, 1.165) is 67.0 Å². The van der Waals surface area contributed by atoms with Gasteiger partial charge in [-0.1, -0.05) is 180 Å². The Labute approximate surface area is 307 Å². The number of ether oxygens (including phenoxy) is 1. The molecule has 50 heavy (non-hydrogen) atoms. The van der Waals surface area contributed by atoms with E-state index in [1.807, 2.05) is 109 Å². The van der Waals surface area contributed by atoms with Gasteiger partial charge in [-0.15, -0.1) is 23.3 Å². The van der Waals surface area contributed by atoms with Crippen molar-refractivity contribution in [1.29, 1.82) is 0 Å². The Hall–Kier alpha value is -5.89. The summed E-state index contributed by atoms with van der Waals surface area (Å²) in [6.45, 7) is 0. The van der Waals surface area contributed by atoms with Crippen molar-refractivity contribution < 1.29 is 25.8 Å². The number of rotatable bonds is 8. The van der Waals surface area contributed by atoms with Gasteiger partial charge in [-0.05, 0) is 45.8 Å². The molecule has 2 aromatic heterocycles. The quantitative estimate of drug-likeness (QED) is 0.143. The molecule has 8 rings (SSSR count). The Morgan fingerprint density at radius 1 is 0.360 bits per heavy atom. The molecule has 4 heteroatoms. The minimum atomic E-state index is 0. The SMILES string of the molecule is [Pt+2].[c-]1c(Oc2[c-]c(-c3cc(-c4ccccc4)ccn3)c(-c3ccccc3)cc2)ccc(-c2ccccc2)c1-c1cc(-c2ccccc2)ccn1. The predicted molar refractivity (Wildman–Crippen MR) is 199 cm³/mol. The van der Waals surface area contributed by atoms with Crippen LogP contribution < -0.4 is 4.74 Å². The van der Waals surface area contributed by atoms with E-state index < -0.39 is 0 Å². The van der Waals surface area contributed by atoms with Crippen LogP contribution in [0.15, 0.2) is 182 Å². The third-order valence-electron chi connectivity index (χ3n) is 8.47. The summed E-state index contributed by atoms with van der Waals surface area (Å²) in [5.74, 6) is 1.14. The van der Waals surface area contributed by atoms with Gasteiger partial charge in [0.05, 0.1) is 0 Å². The van der Waals surface area contributed by atoms with Crippen molar-refractivity contribution in [3.05, 3.63) is 194 Å². The molecular weight excluding hydrogens is 792 g/mol. The maximum Gasteiger partial charge on any atom is 2.00 e. The smallest absolute Gasteiger partial charge is 0.497 e. The van der Waals surface area contributed by atoms with Crippen molar-refractivity contribution in [1.82, 2.24) is 9.97 Å². The Bertz CT molecular complexity index is 2180. The molecule has 8 aromatic rings. The number of aromatic nitrogens is 2. The third-order valence-corrected chi connectivity index (χ3v) is 8.47. The van der Waals surface area contributed by atoms with Crippen molar-refractivity contribution >= 4 is 0 Å². The van der Waals surface area contributed by atoms with E-state index in [0.29, 0.717) is 11.5 Å². The zero-order valence-corrected chi connectivity index (χ0v) is 29.2. The molecule has 0 aliphatic carbocycles. The summed E-state index contributed by atoms with van der Waals surface area (Å²) >= 11 is 0. The van der Waals surface area contributed by atoms with E-state index in [-0.39, 0.29) is 21.1 Å². The number of pyridine rings is 2. The average Bonchev–Trinajstić information content (AvgIpc) is 3.19. The van der Waals surface area contributed by atoms with E-state index >= 15 is 0 Å². The van der Waals surface area contributed by atoms with Gasteiger partial charge in [0, 0.05) is 23.9 Å². The fraction of sp³-hybridized carbons (Fsp3) is 0. The molecule has 0 aliphatic rings. The van der Waals surface area contributed by atoms with Gasteiger partial charge >= 0.3 is 21.1 Å². The summed E-state index contributed by atoms with van der Waals surface area (Å²) in [4.78, 5) is 9.60. The van der Waals surface area contributed by atoms with Crippen molar-refractivity contribution in [2.24, 2.45) is 0 Å². The number of hydrogen-bond acceptors (Lipinski definition) is 3. The van der Waals surface area contributed by atoms with Gasteiger partial charge in [0.2, 0.25) is 0 Å². The second-order valence-corrected chi connectivity index (χ2v) is 11.6. The van der Waals surface area contributed by atoms with E-state index in [9.17, 15) is 0 Å². The molecule has 0 atom stereocenters. The first kappa shape index (κ1) is 32.6. The molecule has 0 aliphatic heterocycles. The summed E-state index contributed by atoms with van der Waals surface area (Å²) in [7, 11) is 0. The Morgan fingerprint density at radius 2 is 0.720 bits per heavy atom. The maximum absolute atomic E-state index is 6.55. The van der Waals surface area contributed by atoms with Crippen molar-refractivity contribution in [3.63, 3.8) is 0 Å². The molecule has 0 saturated carbocycles. The van der Waals surface area contributed by atoms with Crippen LogP contribution in [-0.2, 0) is 21.1 Å². The molecule has 6 aromatic carbocycles. The van der Waals surface area contributed by atoms with Crippen LogP contribution in [0, 0.1) is 12.1 Å². The molecule has 2 heterocycles. The second kappa shape index (κ2) is 15.1. The van der Waals surface area contributed by atoms with Gasteiger partial charge in [0.25, 0.3) is 0 Å². The van der Waals surface area contributed by atoms with Gasteiger partial charge in [-0.25, -0.2) is 0 Å². The van der Waals surface area contributed by atoms with Crippen LogP contribution in [0.25, 0.3) is 67.0 Å². The van der Waals surface area contributed by atoms with E-state index in [1.165, 1.54) is 0 Å². The van der Waals surface area contributed by atoms with Crippen LogP contribution >= 0.6 is 0 Å². The van der Waals surface area contributed by atoms with Gasteiger partial charge in [0.15, 0.2) is 0 Å². The summed E-state index contributed by atoms with van der Waals surface area (Å²) in [6.07, 6.45) is 3.71. The topological polar surface area (TPSA) is 35.0 Å². The number of benzene rings is 6. The Morgan fingerprint density at radius 3 is 1.10 bits per heavy atom. The molecule has 0 radical (unpaired) electrons. The van der Waals surface area contributed by atoms with Crippen molar-refractivity contribution in [2.75, 3.05) is 0 Å². The molecule has 0 fully saturated rings. The standard InChI is InChI=1S/C46H30N2O.Pt/c1-5-13-33(14-6-1)37-25-27-47-45(29-37)43-31-39(21-23-41(43)35-17-9-3-10-18-35)49-40-22-24-42(36-19-11-4-12-20-36)44(32-40)46-30-38(26-28-48-46)34-15-7-2-8-16-34;/h1-30H;/q-2;+2. The molecule has 0 amide bonds. The zero-order chi connectivity index (χ0) is 32.8. The van der Waals surface area contributed by atoms with E-state index in [4.69, 9.17) is 14.7 Å². The predicted octanol–water partition coefficient (Wildman–Crippen LogP) is 11.9. The van der Waals surface area contributed by atoms with Crippen LogP contribution in [0.5, 0.6) is 11.5 Å². The minimum Gasteiger partial charge on any atom is -0.497 e. The van der Waals surface area contributed by atoms with Gasteiger partial charge in [0.1, 0.15) is 0 Å². The first-order chi connectivity index (χ1) is 24.3. The summed E-state index contributed by atoms with van der Waals surface area (Å²) in [5, 5.41) is 0. The van der Waals surface area contributed by atoms with Crippen molar-refractivity contribution in [2.45, 2.75) is 0 Å². The summed E-state index contributed by atoms with van der Waals surface area (Å²) < 4.78 is 6.55. The summed E-state index contributed by atoms with van der Waals surface area (Å²) in [6, 6.07) is 64.8. The summed E-state index contributed by atoms with van der Waals surface area (Å²) in [5.41, 5.74) is 12.0. The van der Waals surface area contributed by atoms with Crippen LogP contribution in [0.3, 0.4) is 0 Å². The molecule has 0 bridgehead atoms. The van der Waals surface area contributed by atoms with Crippen LogP contribution in [-0.4, -0.2) is 9.97 Å². The van der Waals surface area contributed by atoms with Gasteiger partial charge < -0.3 is 14.7 Å². The van der Waals surface area contributed by atoms with E-state index in [2.05, 4.69) is 84.9 Å². The van der Waals surface area contributed by atoms with Crippen LogP contribution in [0.2, 0.25) is 0 Å². The van der Waals surface area contributed by atoms with Gasteiger partial charge in [-0.3, -0.25) is 0 Å². The van der Waals surface area contributed by atoms with E-state index in [1.54, 1.807) is 0 Å². The maximum atomic E-state index is 6.55. The normalized spacial score (nSPS) is 10.6. The first-order valence-electron chi connectivity index (χ1n) is 16.2. The fourth-order valence-electron chi connectivity index (χ4n) is 6.06. The van der Waals surface area contributed by atoms with Crippen molar-refractivity contribution in [3.8, 4) is 78.5 Å². The average molecular weight is 822 g/mol. The van der Waals surface area contributed by atoms with Gasteiger partial charge in [-0.2, -0.15) is 0 Å². The fourth-order valence-corrected chi connectivity index (χ4v) is 6.06. The van der Waals surface area contributed by atoms with Crippen LogP contribution in [0.4, 0.5) is 0 Å². The third kappa shape index (κ3) is 7.10. The monoisotopic (exact) mass is 821 g/mol. The largest absolute Gasteiger partial charge is 2.00 e. The minimum absolute atomic E-state index is 0. The Kier molecular flexibility index (Phi) is 9.87. The molecule has 0 spiro atoms. The molecule has 3 nitrogen and oxygen atoms in total. The zero-order valence-electron chi connectivity index (χ0n) is 26.9. The molecule has 0 N–H and O–H groups in total. The first-order valence-corrected chi connectivity index (χ1v) is 16.2. The molecular formula is C46H30N2OPt. The number of hydrogen-bond donors (Lipinski definition) is 0. The molecule has 0 unspecified atom stereocenters.